The lowest BCUT2D eigenvalue weighted by Crippen LogP contribution is -2.32. The van der Waals surface area contributed by atoms with Crippen LogP contribution in [0, 0.1) is 0 Å². The fourth-order valence-corrected chi connectivity index (χ4v) is 4.75. The summed E-state index contributed by atoms with van der Waals surface area (Å²) in [4.78, 5) is 30.4. The number of nitrogens with zero attached hydrogens (tertiary/aromatic N) is 3. The van der Waals surface area contributed by atoms with Crippen LogP contribution in [0.1, 0.15) is 96.8 Å². The Hall–Kier alpha value is -1.80. The van der Waals surface area contributed by atoms with Crippen molar-refractivity contribution in [3.05, 3.63) is 20.8 Å². The number of aliphatic hydroxyl groups is 2. The molecule has 1 aromatic rings. The summed E-state index contributed by atoms with van der Waals surface area (Å²) >= 11 is 0. The van der Waals surface area contributed by atoms with Crippen LogP contribution in [0.15, 0.2) is 9.59 Å². The number of rotatable bonds is 17. The third kappa shape index (κ3) is 8.49. The van der Waals surface area contributed by atoms with Crippen LogP contribution in [0.3, 0.4) is 0 Å². The van der Waals surface area contributed by atoms with Gasteiger partial charge in [0.05, 0.1) is 18.9 Å². The van der Waals surface area contributed by atoms with Crippen LogP contribution >= 0.6 is 0 Å². The normalized spacial score (nSPS) is 15.2. The van der Waals surface area contributed by atoms with E-state index in [1.54, 1.807) is 7.05 Å². The summed E-state index contributed by atoms with van der Waals surface area (Å²) in [5.41, 5.74) is -0.134. The monoisotopic (exact) mass is 466 g/mol. The Kier molecular flexibility index (Phi) is 12.0. The van der Waals surface area contributed by atoms with Gasteiger partial charge in [-0.2, -0.15) is 0 Å². The topological polar surface area (TPSA) is 102 Å². The largest absolute Gasteiger partial charge is 0.390 e. The second-order valence-corrected chi connectivity index (χ2v) is 9.69. The summed E-state index contributed by atoms with van der Waals surface area (Å²) in [7, 11) is 3.57. The first kappa shape index (κ1) is 27.4. The molecule has 3 N–H and O–H groups in total. The van der Waals surface area contributed by atoms with Gasteiger partial charge in [0.15, 0.2) is 0 Å². The minimum atomic E-state index is -0.595. The van der Waals surface area contributed by atoms with Gasteiger partial charge in [0.25, 0.3) is 5.56 Å². The Morgan fingerprint density at radius 3 is 1.91 bits per heavy atom. The molecule has 8 nitrogen and oxygen atoms in total. The fraction of sp³-hybridized carbons (Fsp3) is 0.840. The molecule has 1 aliphatic rings. The summed E-state index contributed by atoms with van der Waals surface area (Å²) in [5.74, 6) is 0.708. The predicted octanol–water partition coefficient (Wildman–Crippen LogP) is 3.49. The van der Waals surface area contributed by atoms with Gasteiger partial charge in [-0.3, -0.25) is 14.3 Å². The van der Waals surface area contributed by atoms with Crippen molar-refractivity contribution >= 4 is 11.5 Å². The highest BCUT2D eigenvalue weighted by Crippen LogP contribution is 2.29. The molecule has 33 heavy (non-hydrogen) atoms. The second kappa shape index (κ2) is 14.5. The van der Waals surface area contributed by atoms with Gasteiger partial charge in [-0.15, -0.1) is 0 Å². The molecule has 0 radical (unpaired) electrons. The summed E-state index contributed by atoms with van der Waals surface area (Å²) < 4.78 is 1.52. The van der Waals surface area contributed by atoms with Gasteiger partial charge < -0.3 is 20.0 Å². The smallest absolute Gasteiger partial charge is 0.329 e. The van der Waals surface area contributed by atoms with Crippen molar-refractivity contribution in [1.82, 2.24) is 9.55 Å². The molecule has 2 heterocycles. The number of unbranched alkanes of at least 4 members (excludes halogenated alkanes) is 10. The number of hydrogen-bond donors (Lipinski definition) is 3. The zero-order valence-corrected chi connectivity index (χ0v) is 21.0. The zero-order chi connectivity index (χ0) is 24.2. The van der Waals surface area contributed by atoms with E-state index in [1.165, 1.54) is 30.3 Å². The van der Waals surface area contributed by atoms with Crippen LogP contribution in [-0.4, -0.2) is 52.2 Å². The van der Waals surface area contributed by atoms with Crippen LogP contribution < -0.4 is 21.0 Å². The molecule has 1 aromatic heterocycles. The summed E-state index contributed by atoms with van der Waals surface area (Å²) in [6, 6.07) is 0. The van der Waals surface area contributed by atoms with E-state index < -0.39 is 12.2 Å². The average molecular weight is 467 g/mol. The third-order valence-electron chi connectivity index (χ3n) is 6.81. The standard InChI is InChI=1S/C25H46N4O4/c1-4-5-6-7-10-13-16-20(30)21(31)17-14-11-8-9-12-15-18-29-19-27(2)22-23(32)26-25(33)28(3)24(22)29/h20-21,30-31H,4-19H2,1-3H3,(H,26,32,33). The molecule has 190 valence electrons. The fourth-order valence-electron chi connectivity index (χ4n) is 4.75. The van der Waals surface area contributed by atoms with E-state index in [1.807, 2.05) is 11.9 Å². The Balaban J connectivity index is 1.54. The minimum absolute atomic E-state index is 0.322. The van der Waals surface area contributed by atoms with E-state index in [9.17, 15) is 19.8 Å². The Morgan fingerprint density at radius 2 is 1.33 bits per heavy atom. The van der Waals surface area contributed by atoms with Gasteiger partial charge in [0, 0.05) is 20.6 Å². The van der Waals surface area contributed by atoms with E-state index >= 15 is 0 Å². The van der Waals surface area contributed by atoms with Crippen molar-refractivity contribution in [1.29, 1.82) is 0 Å². The molecule has 0 fully saturated rings. The molecular formula is C25H46N4O4. The van der Waals surface area contributed by atoms with Crippen LogP contribution in [-0.2, 0) is 7.05 Å². The molecule has 0 amide bonds. The van der Waals surface area contributed by atoms with Gasteiger partial charge in [-0.25, -0.2) is 4.79 Å². The van der Waals surface area contributed by atoms with Gasteiger partial charge >= 0.3 is 5.69 Å². The van der Waals surface area contributed by atoms with E-state index in [-0.39, 0.29) is 11.2 Å². The molecule has 2 unspecified atom stereocenters. The second-order valence-electron chi connectivity index (χ2n) is 9.69. The number of fused-ring (bicyclic) bond motifs is 1. The van der Waals surface area contributed by atoms with E-state index in [4.69, 9.17) is 0 Å². The molecule has 2 rings (SSSR count). The van der Waals surface area contributed by atoms with E-state index in [0.29, 0.717) is 31.0 Å². The van der Waals surface area contributed by atoms with Crippen LogP contribution in [0.4, 0.5) is 11.5 Å². The number of nitrogens with one attached hydrogen (secondary N) is 1. The Bertz CT molecular complexity index is 807. The quantitative estimate of drug-likeness (QED) is 0.304. The van der Waals surface area contributed by atoms with Crippen LogP contribution in [0.2, 0.25) is 0 Å². The number of hydrogen-bond acceptors (Lipinski definition) is 6. The molecule has 0 aliphatic carbocycles. The minimum Gasteiger partial charge on any atom is -0.390 e. The predicted molar refractivity (Wildman–Crippen MR) is 135 cm³/mol. The maximum atomic E-state index is 12.1. The average Bonchev–Trinajstić information content (AvgIpc) is 3.12. The number of aromatic nitrogens is 2. The SMILES string of the molecule is CCCCCCCCC(O)C(O)CCCCCCCCN1CN(C)c2c1n(C)c(=O)[nH]c2=O. The van der Waals surface area contributed by atoms with Crippen molar-refractivity contribution in [2.24, 2.45) is 7.05 Å². The number of anilines is 2. The highest BCUT2D eigenvalue weighted by atomic mass is 16.3. The lowest BCUT2D eigenvalue weighted by Gasteiger charge is -2.20. The first-order chi connectivity index (χ1) is 15.9. The molecule has 2 atom stereocenters. The molecule has 0 saturated carbocycles. The number of aromatic amines is 1. The van der Waals surface area contributed by atoms with Crippen molar-refractivity contribution in [3.63, 3.8) is 0 Å². The first-order valence-electron chi connectivity index (χ1n) is 13.0. The van der Waals surface area contributed by atoms with Crippen molar-refractivity contribution < 1.29 is 10.2 Å². The lowest BCUT2D eigenvalue weighted by molar-refractivity contribution is 0.00712. The van der Waals surface area contributed by atoms with Crippen molar-refractivity contribution in [3.8, 4) is 0 Å². The van der Waals surface area contributed by atoms with Crippen molar-refractivity contribution in [2.75, 3.05) is 30.1 Å². The van der Waals surface area contributed by atoms with Crippen LogP contribution in [0.5, 0.6) is 0 Å². The molecule has 0 aromatic carbocycles. The number of H-pyrrole nitrogens is 1. The molecule has 0 saturated heterocycles. The van der Waals surface area contributed by atoms with Crippen molar-refractivity contribution in [2.45, 2.75) is 109 Å². The van der Waals surface area contributed by atoms with E-state index in [0.717, 1.165) is 57.9 Å². The molecular weight excluding hydrogens is 420 g/mol. The molecule has 8 heteroatoms. The molecule has 0 bridgehead atoms. The Morgan fingerprint density at radius 1 is 0.818 bits per heavy atom. The summed E-state index contributed by atoms with van der Waals surface area (Å²) in [6.45, 7) is 3.65. The van der Waals surface area contributed by atoms with Crippen LogP contribution in [0.25, 0.3) is 0 Å². The third-order valence-corrected chi connectivity index (χ3v) is 6.81. The Labute approximate surface area is 198 Å². The van der Waals surface area contributed by atoms with Gasteiger partial charge in [-0.1, -0.05) is 77.6 Å². The maximum Gasteiger partial charge on any atom is 0.329 e. The molecule has 1 aliphatic heterocycles. The maximum absolute atomic E-state index is 12.1. The van der Waals surface area contributed by atoms with Gasteiger partial charge in [-0.05, 0) is 19.3 Å². The summed E-state index contributed by atoms with van der Waals surface area (Å²) in [6.07, 6.45) is 13.8. The highest BCUT2D eigenvalue weighted by molar-refractivity contribution is 5.71. The first-order valence-corrected chi connectivity index (χ1v) is 13.0. The summed E-state index contributed by atoms with van der Waals surface area (Å²) in [5, 5.41) is 20.3. The highest BCUT2D eigenvalue weighted by Gasteiger charge is 2.29. The zero-order valence-electron chi connectivity index (χ0n) is 21.0. The lowest BCUT2D eigenvalue weighted by atomic mass is 9.99. The number of aliphatic hydroxyl groups excluding tert-OH is 2. The van der Waals surface area contributed by atoms with E-state index in [2.05, 4.69) is 16.8 Å². The molecule has 0 spiro atoms. The van der Waals surface area contributed by atoms with Gasteiger partial charge in [0.1, 0.15) is 11.5 Å². The van der Waals surface area contributed by atoms with Gasteiger partial charge in [0.2, 0.25) is 0 Å².